The van der Waals surface area contributed by atoms with Crippen LogP contribution in [-0.4, -0.2) is 39.2 Å². The molecule has 7 nitrogen and oxygen atoms in total. The Morgan fingerprint density at radius 1 is 1.10 bits per heavy atom. The second-order valence-electron chi connectivity index (χ2n) is 5.79. The minimum absolute atomic E-state index is 0.0395. The minimum Gasteiger partial charge on any atom is -0.451 e. The van der Waals surface area contributed by atoms with E-state index in [9.17, 15) is 18.4 Å². The van der Waals surface area contributed by atoms with E-state index in [0.717, 1.165) is 5.56 Å². The van der Waals surface area contributed by atoms with Crippen LogP contribution < -0.4 is 5.32 Å². The molecule has 0 saturated heterocycles. The summed E-state index contributed by atoms with van der Waals surface area (Å²) in [6.45, 7) is -0.155. The normalized spacial score (nSPS) is 10.7. The second kappa shape index (κ2) is 9.78. The average Bonchev–Trinajstić information content (AvgIpc) is 3.16. The fourth-order valence-electron chi connectivity index (χ4n) is 2.40. The minimum atomic E-state index is -2.62. The monoisotopic (exact) mass is 418 g/mol. The van der Waals surface area contributed by atoms with Crippen molar-refractivity contribution < 1.29 is 23.1 Å². The van der Waals surface area contributed by atoms with Gasteiger partial charge in [0.05, 0.1) is 18.4 Å². The summed E-state index contributed by atoms with van der Waals surface area (Å²) in [6, 6.07) is 15.6. The second-order valence-corrected chi connectivity index (χ2v) is 6.82. The molecule has 0 spiro atoms. The molecule has 0 unspecified atom stereocenters. The lowest BCUT2D eigenvalue weighted by Crippen LogP contribution is -2.21. The molecule has 0 aliphatic rings. The van der Waals surface area contributed by atoms with Gasteiger partial charge < -0.3 is 10.1 Å². The summed E-state index contributed by atoms with van der Waals surface area (Å²) in [5.41, 5.74) is 1.16. The molecule has 10 heteroatoms. The van der Waals surface area contributed by atoms with E-state index in [1.807, 2.05) is 30.3 Å². The van der Waals surface area contributed by atoms with Gasteiger partial charge in [-0.05, 0) is 17.7 Å². The van der Waals surface area contributed by atoms with Crippen LogP contribution in [0, 0.1) is 0 Å². The lowest BCUT2D eigenvalue weighted by atomic mass is 10.2. The molecule has 0 saturated carbocycles. The van der Waals surface area contributed by atoms with Gasteiger partial charge in [-0.3, -0.25) is 4.79 Å². The van der Waals surface area contributed by atoms with Crippen molar-refractivity contribution in [2.75, 3.05) is 11.9 Å². The Morgan fingerprint density at radius 2 is 1.83 bits per heavy atom. The van der Waals surface area contributed by atoms with Crippen molar-refractivity contribution in [2.45, 2.75) is 17.2 Å². The van der Waals surface area contributed by atoms with Crippen LogP contribution in [-0.2, 0) is 16.1 Å². The van der Waals surface area contributed by atoms with Gasteiger partial charge in [-0.15, -0.1) is 5.10 Å². The van der Waals surface area contributed by atoms with Crippen molar-refractivity contribution in [2.24, 2.45) is 0 Å². The van der Waals surface area contributed by atoms with Crippen LogP contribution in [0.3, 0.4) is 0 Å². The van der Waals surface area contributed by atoms with Crippen LogP contribution in [0.15, 0.2) is 65.7 Å². The number of thioether (sulfide) groups is 1. The van der Waals surface area contributed by atoms with Crippen molar-refractivity contribution >= 4 is 29.3 Å². The molecule has 150 valence electrons. The zero-order valence-electron chi connectivity index (χ0n) is 15.0. The highest BCUT2D eigenvalue weighted by atomic mass is 32.2. The van der Waals surface area contributed by atoms with Gasteiger partial charge >= 0.3 is 5.97 Å². The molecule has 1 amide bonds. The maximum atomic E-state index is 12.6. The number of esters is 1. The number of hydrogen-bond acceptors (Lipinski definition) is 6. The van der Waals surface area contributed by atoms with E-state index in [1.165, 1.54) is 23.0 Å². The number of anilines is 1. The maximum Gasteiger partial charge on any atom is 0.361 e. The first-order chi connectivity index (χ1) is 14.0. The number of halogens is 2. The smallest absolute Gasteiger partial charge is 0.361 e. The van der Waals surface area contributed by atoms with E-state index in [4.69, 9.17) is 4.74 Å². The summed E-state index contributed by atoms with van der Waals surface area (Å²) in [7, 11) is 0. The molecular formula is C19H16F2N4O3S. The molecule has 3 rings (SSSR count). The summed E-state index contributed by atoms with van der Waals surface area (Å²) < 4.78 is 31.6. The quantitative estimate of drug-likeness (QED) is 0.446. The molecule has 0 atom stereocenters. The van der Waals surface area contributed by atoms with E-state index < -0.39 is 24.2 Å². The van der Waals surface area contributed by atoms with Crippen LogP contribution in [0.25, 0.3) is 0 Å². The number of carbonyl (C=O) groups is 2. The number of rotatable bonds is 8. The van der Waals surface area contributed by atoms with Crippen molar-refractivity contribution in [1.29, 1.82) is 0 Å². The number of benzene rings is 2. The maximum absolute atomic E-state index is 12.6. The Labute approximate surface area is 169 Å². The van der Waals surface area contributed by atoms with Crippen LogP contribution in [0.1, 0.15) is 16.1 Å². The first-order valence-electron chi connectivity index (χ1n) is 8.46. The fraction of sp³-hybridized carbons (Fsp3) is 0.158. The predicted octanol–water partition coefficient (Wildman–Crippen LogP) is 3.44. The molecule has 1 heterocycles. The van der Waals surface area contributed by atoms with Gasteiger partial charge in [-0.1, -0.05) is 59.4 Å². The Kier molecular flexibility index (Phi) is 6.90. The molecule has 0 bridgehead atoms. The molecule has 0 radical (unpaired) electrons. The van der Waals surface area contributed by atoms with Gasteiger partial charge in [-0.2, -0.15) is 8.78 Å². The standard InChI is InChI=1S/C19H16F2N4O3S/c20-19(21)29-16-9-5-4-8-14(16)22-17(26)12-28-18(27)15-11-25(24-23-15)10-13-6-2-1-3-7-13/h1-9,11,19H,10,12H2,(H,22,26). The van der Waals surface area contributed by atoms with E-state index in [2.05, 4.69) is 15.6 Å². The zero-order valence-corrected chi connectivity index (χ0v) is 15.8. The number of aromatic nitrogens is 3. The van der Waals surface area contributed by atoms with Crippen molar-refractivity contribution in [1.82, 2.24) is 15.0 Å². The Morgan fingerprint density at radius 3 is 2.59 bits per heavy atom. The summed E-state index contributed by atoms with van der Waals surface area (Å²) in [5, 5.41) is 10.0. The van der Waals surface area contributed by atoms with Crippen molar-refractivity contribution in [3.63, 3.8) is 0 Å². The summed E-state index contributed by atoms with van der Waals surface area (Å²) in [5.74, 6) is -4.09. The highest BCUT2D eigenvalue weighted by Gasteiger charge is 2.16. The summed E-state index contributed by atoms with van der Waals surface area (Å²) in [6.07, 6.45) is 1.42. The highest BCUT2D eigenvalue weighted by molar-refractivity contribution is 7.99. The van der Waals surface area contributed by atoms with Crippen LogP contribution in [0.4, 0.5) is 14.5 Å². The lowest BCUT2D eigenvalue weighted by Gasteiger charge is -2.10. The lowest BCUT2D eigenvalue weighted by molar-refractivity contribution is -0.119. The highest BCUT2D eigenvalue weighted by Crippen LogP contribution is 2.31. The molecule has 3 aromatic rings. The number of hydrogen-bond donors (Lipinski definition) is 1. The van der Waals surface area contributed by atoms with Crippen LogP contribution in [0.2, 0.25) is 0 Å². The van der Waals surface area contributed by atoms with Crippen molar-refractivity contribution in [3.8, 4) is 0 Å². The largest absolute Gasteiger partial charge is 0.451 e. The Bertz CT molecular complexity index is 982. The topological polar surface area (TPSA) is 86.1 Å². The predicted molar refractivity (Wildman–Crippen MR) is 103 cm³/mol. The number of ether oxygens (including phenoxy) is 1. The van der Waals surface area contributed by atoms with Gasteiger partial charge in [0.25, 0.3) is 11.7 Å². The molecule has 1 N–H and O–H groups in total. The zero-order chi connectivity index (χ0) is 20.6. The van der Waals surface area contributed by atoms with Gasteiger partial charge in [0.1, 0.15) is 0 Å². The third-order valence-electron chi connectivity index (χ3n) is 3.65. The number of nitrogens with one attached hydrogen (secondary N) is 1. The SMILES string of the molecule is O=C(COC(=O)c1cn(Cc2ccccc2)nn1)Nc1ccccc1SC(F)F. The summed E-state index contributed by atoms with van der Waals surface area (Å²) >= 11 is 0.315. The first-order valence-corrected chi connectivity index (χ1v) is 9.34. The number of alkyl halides is 2. The molecule has 29 heavy (non-hydrogen) atoms. The number of carbonyl (C=O) groups excluding carboxylic acids is 2. The summed E-state index contributed by atoms with van der Waals surface area (Å²) in [4.78, 5) is 24.3. The van der Waals surface area contributed by atoms with Gasteiger partial charge in [0.2, 0.25) is 0 Å². The van der Waals surface area contributed by atoms with Crippen LogP contribution in [0.5, 0.6) is 0 Å². The average molecular weight is 418 g/mol. The molecule has 0 fully saturated rings. The van der Waals surface area contributed by atoms with Gasteiger partial charge in [-0.25, -0.2) is 9.48 Å². The van der Waals surface area contributed by atoms with Gasteiger partial charge in [0.15, 0.2) is 12.3 Å². The molecule has 2 aromatic carbocycles. The third kappa shape index (κ3) is 6.11. The number of para-hydroxylation sites is 1. The van der Waals surface area contributed by atoms with E-state index in [-0.39, 0.29) is 16.3 Å². The van der Waals surface area contributed by atoms with Crippen molar-refractivity contribution in [3.05, 3.63) is 72.1 Å². The number of amides is 1. The molecule has 0 aliphatic heterocycles. The fourth-order valence-corrected chi connectivity index (χ4v) is 2.99. The Balaban J connectivity index is 1.53. The molecule has 0 aliphatic carbocycles. The number of nitrogens with zero attached hydrogens (tertiary/aromatic N) is 3. The third-order valence-corrected chi connectivity index (χ3v) is 4.43. The van der Waals surface area contributed by atoms with E-state index in [1.54, 1.807) is 12.1 Å². The van der Waals surface area contributed by atoms with Gasteiger partial charge in [0, 0.05) is 4.90 Å². The Hall–Kier alpha value is -3.27. The first kappa shape index (κ1) is 20.5. The van der Waals surface area contributed by atoms with Crippen LogP contribution >= 0.6 is 11.8 Å². The molecule has 1 aromatic heterocycles. The molecular weight excluding hydrogens is 402 g/mol. The van der Waals surface area contributed by atoms with E-state index >= 15 is 0 Å². The van der Waals surface area contributed by atoms with E-state index in [0.29, 0.717) is 18.3 Å².